The maximum atomic E-state index is 6.78. The molecule has 39 heavy (non-hydrogen) atoms. The Morgan fingerprint density at radius 1 is 1.10 bits per heavy atom. The first-order chi connectivity index (χ1) is 18.9. The molecular formula is C30H35BN4O4. The summed E-state index contributed by atoms with van der Waals surface area (Å²) in [5.41, 5.74) is 4.33. The molecule has 2 bridgehead atoms. The molecule has 2 radical (unpaired) electrons. The number of benzene rings is 2. The van der Waals surface area contributed by atoms with Gasteiger partial charge in [0.2, 0.25) is 0 Å². The van der Waals surface area contributed by atoms with Crippen LogP contribution in [0.1, 0.15) is 42.9 Å². The normalized spacial score (nSPS) is 26.4. The SMILES string of the molecule is [B]c1c(C)c2c3c(nc(OC4CCOCC4)nc3c1OCc1ccc(C)cc1)N1C3CC(C1C(C)O2)N(C)C3. The molecule has 4 unspecified atom stereocenters. The fourth-order valence-electron chi connectivity index (χ4n) is 6.87. The van der Waals surface area contributed by atoms with Crippen LogP contribution in [-0.2, 0) is 11.3 Å². The van der Waals surface area contributed by atoms with E-state index in [-0.39, 0.29) is 18.2 Å². The number of aryl methyl sites for hydroxylation is 1. The molecule has 0 spiro atoms. The van der Waals surface area contributed by atoms with Crippen LogP contribution in [0.5, 0.6) is 17.5 Å². The quantitative estimate of drug-likeness (QED) is 0.470. The second-order valence-corrected chi connectivity index (χ2v) is 11.6. The minimum absolute atomic E-state index is 0.0144. The lowest BCUT2D eigenvalue weighted by molar-refractivity contribution is 0.0218. The molecule has 202 valence electrons. The first kappa shape index (κ1) is 25.0. The van der Waals surface area contributed by atoms with Gasteiger partial charge in [-0.25, -0.2) is 0 Å². The average molecular weight is 526 g/mol. The van der Waals surface area contributed by atoms with Gasteiger partial charge in [0.15, 0.2) is 0 Å². The third-order valence-electron chi connectivity index (χ3n) is 8.96. The monoisotopic (exact) mass is 526 g/mol. The molecule has 0 N–H and O–H groups in total. The molecule has 3 aromatic rings. The highest BCUT2D eigenvalue weighted by Crippen LogP contribution is 2.49. The summed E-state index contributed by atoms with van der Waals surface area (Å²) >= 11 is 0. The van der Waals surface area contributed by atoms with Gasteiger partial charge in [-0.05, 0) is 50.8 Å². The molecule has 8 nitrogen and oxygen atoms in total. The van der Waals surface area contributed by atoms with E-state index < -0.39 is 0 Å². The van der Waals surface area contributed by atoms with E-state index in [1.807, 2.05) is 6.92 Å². The van der Waals surface area contributed by atoms with Crippen molar-refractivity contribution in [2.75, 3.05) is 31.7 Å². The zero-order valence-electron chi connectivity index (χ0n) is 23.1. The summed E-state index contributed by atoms with van der Waals surface area (Å²) in [6, 6.07) is 9.63. The third kappa shape index (κ3) is 4.13. The molecule has 4 aliphatic rings. The maximum absolute atomic E-state index is 6.78. The average Bonchev–Trinajstić information content (AvgIpc) is 3.45. The van der Waals surface area contributed by atoms with Crippen molar-refractivity contribution in [3.63, 3.8) is 0 Å². The van der Waals surface area contributed by atoms with E-state index in [0.717, 1.165) is 53.9 Å². The topological polar surface area (TPSA) is 69.2 Å². The Hall–Kier alpha value is -3.04. The molecule has 9 heteroatoms. The second kappa shape index (κ2) is 9.56. The van der Waals surface area contributed by atoms with Gasteiger partial charge in [0.25, 0.3) is 0 Å². The number of likely N-dealkylation sites (tertiary alicyclic amines) is 1. The highest BCUT2D eigenvalue weighted by atomic mass is 16.5. The van der Waals surface area contributed by atoms with Gasteiger partial charge in [-0.3, -0.25) is 4.90 Å². The minimum Gasteiger partial charge on any atom is -0.487 e. The summed E-state index contributed by atoms with van der Waals surface area (Å²) in [5, 5.41) is 0.865. The molecule has 4 atom stereocenters. The summed E-state index contributed by atoms with van der Waals surface area (Å²) in [4.78, 5) is 15.0. The van der Waals surface area contributed by atoms with E-state index in [0.29, 0.717) is 54.6 Å². The highest BCUT2D eigenvalue weighted by molar-refractivity contribution is 6.37. The van der Waals surface area contributed by atoms with Gasteiger partial charge >= 0.3 is 6.01 Å². The van der Waals surface area contributed by atoms with Crippen molar-refractivity contribution < 1.29 is 18.9 Å². The number of piperazine rings is 1. The lowest BCUT2D eigenvalue weighted by atomic mass is 9.87. The van der Waals surface area contributed by atoms with Crippen molar-refractivity contribution in [1.82, 2.24) is 14.9 Å². The van der Waals surface area contributed by atoms with Crippen LogP contribution in [0.3, 0.4) is 0 Å². The van der Waals surface area contributed by atoms with E-state index in [4.69, 9.17) is 36.8 Å². The summed E-state index contributed by atoms with van der Waals surface area (Å²) in [6.07, 6.45) is 2.70. The molecule has 5 heterocycles. The molecular weight excluding hydrogens is 491 g/mol. The molecule has 0 aliphatic carbocycles. The predicted octanol–water partition coefficient (Wildman–Crippen LogP) is 3.22. The zero-order valence-corrected chi connectivity index (χ0v) is 23.1. The number of aromatic nitrogens is 2. The molecule has 3 fully saturated rings. The van der Waals surface area contributed by atoms with E-state index in [9.17, 15) is 0 Å². The van der Waals surface area contributed by atoms with E-state index in [2.05, 4.69) is 55.0 Å². The van der Waals surface area contributed by atoms with Crippen LogP contribution >= 0.6 is 0 Å². The van der Waals surface area contributed by atoms with Gasteiger partial charge < -0.3 is 23.8 Å². The third-order valence-corrected chi connectivity index (χ3v) is 8.96. The van der Waals surface area contributed by atoms with Gasteiger partial charge in [0, 0.05) is 31.5 Å². The van der Waals surface area contributed by atoms with Crippen LogP contribution in [0.25, 0.3) is 10.9 Å². The van der Waals surface area contributed by atoms with Gasteiger partial charge in [0.05, 0.1) is 24.6 Å². The number of ether oxygens (including phenoxy) is 4. The molecule has 0 saturated carbocycles. The minimum atomic E-state index is -0.0440. The van der Waals surface area contributed by atoms with E-state index >= 15 is 0 Å². The molecule has 3 saturated heterocycles. The fourth-order valence-corrected chi connectivity index (χ4v) is 6.87. The smallest absolute Gasteiger partial charge is 0.319 e. The van der Waals surface area contributed by atoms with Crippen LogP contribution in [0.15, 0.2) is 24.3 Å². The van der Waals surface area contributed by atoms with Gasteiger partial charge in [-0.15, -0.1) is 0 Å². The Morgan fingerprint density at radius 3 is 2.64 bits per heavy atom. The van der Waals surface area contributed by atoms with Crippen molar-refractivity contribution in [3.05, 3.63) is 41.0 Å². The van der Waals surface area contributed by atoms with Crippen molar-refractivity contribution in [1.29, 1.82) is 0 Å². The van der Waals surface area contributed by atoms with Crippen LogP contribution < -0.4 is 24.6 Å². The van der Waals surface area contributed by atoms with Gasteiger partial charge in [-0.1, -0.05) is 29.8 Å². The predicted molar refractivity (Wildman–Crippen MR) is 151 cm³/mol. The summed E-state index contributed by atoms with van der Waals surface area (Å²) in [5.74, 6) is 2.18. The van der Waals surface area contributed by atoms with Crippen LogP contribution in [-0.4, -0.2) is 79.9 Å². The highest BCUT2D eigenvalue weighted by Gasteiger charge is 2.54. The largest absolute Gasteiger partial charge is 0.487 e. The number of likely N-dealkylation sites (N-methyl/N-ethyl adjacent to an activating group) is 1. The Balaban J connectivity index is 1.39. The van der Waals surface area contributed by atoms with Crippen molar-refractivity contribution in [2.24, 2.45) is 0 Å². The van der Waals surface area contributed by atoms with Crippen molar-refractivity contribution in [3.8, 4) is 17.5 Å². The van der Waals surface area contributed by atoms with Crippen molar-refractivity contribution >= 4 is 30.0 Å². The number of anilines is 1. The Kier molecular flexibility index (Phi) is 6.12. The first-order valence-corrected chi connectivity index (χ1v) is 14.1. The van der Waals surface area contributed by atoms with E-state index in [1.165, 1.54) is 5.56 Å². The lowest BCUT2D eigenvalue weighted by Gasteiger charge is -2.41. The molecule has 1 aromatic heterocycles. The number of nitrogens with zero attached hydrogens (tertiary/aromatic N) is 4. The Bertz CT molecular complexity index is 1410. The van der Waals surface area contributed by atoms with Crippen LogP contribution in [0.2, 0.25) is 0 Å². The molecule has 0 amide bonds. The molecule has 7 rings (SSSR count). The molecule has 2 aromatic carbocycles. The van der Waals surface area contributed by atoms with Gasteiger partial charge in [0.1, 0.15) is 49.5 Å². The first-order valence-electron chi connectivity index (χ1n) is 14.1. The fraction of sp³-hybridized carbons (Fsp3) is 0.533. The van der Waals surface area contributed by atoms with E-state index in [1.54, 1.807) is 0 Å². The van der Waals surface area contributed by atoms with Crippen LogP contribution in [0, 0.1) is 13.8 Å². The van der Waals surface area contributed by atoms with Crippen LogP contribution in [0.4, 0.5) is 5.82 Å². The summed E-state index contributed by atoms with van der Waals surface area (Å²) in [6.45, 7) is 8.98. The summed E-state index contributed by atoms with van der Waals surface area (Å²) in [7, 11) is 8.99. The summed E-state index contributed by atoms with van der Waals surface area (Å²) < 4.78 is 25.2. The Morgan fingerprint density at radius 2 is 1.87 bits per heavy atom. The number of hydrogen-bond acceptors (Lipinski definition) is 8. The standard InChI is InChI=1S/C30H35BN4O4/c1-16-5-7-19(8-6-16)15-37-28-24(31)17(2)27-23-25(28)32-30(39-21-9-11-36-12-10-21)33-29(23)35-20-13-22(34(4)14-20)26(35)18(3)38-27/h5-8,18,20-22,26H,9-15H2,1-4H3. The lowest BCUT2D eigenvalue weighted by Crippen LogP contribution is -2.57. The Labute approximate surface area is 231 Å². The van der Waals surface area contributed by atoms with Gasteiger partial charge in [-0.2, -0.15) is 9.97 Å². The number of rotatable bonds is 5. The maximum Gasteiger partial charge on any atom is 0.319 e. The zero-order chi connectivity index (χ0) is 26.8. The van der Waals surface area contributed by atoms with Crippen molar-refractivity contribution in [2.45, 2.75) is 77.0 Å². The number of hydrogen-bond donors (Lipinski definition) is 0. The number of fused-ring (bicyclic) bond motifs is 6. The second-order valence-electron chi connectivity index (χ2n) is 11.6. The molecule has 4 aliphatic heterocycles.